The van der Waals surface area contributed by atoms with Crippen LogP contribution in [0, 0.1) is 10.5 Å². The van der Waals surface area contributed by atoms with Crippen LogP contribution in [0.2, 0.25) is 0 Å². The van der Waals surface area contributed by atoms with Gasteiger partial charge in [-0.3, -0.25) is 4.98 Å². The third-order valence-corrected chi connectivity index (χ3v) is 2.40. The van der Waals surface area contributed by atoms with Crippen LogP contribution in [0.1, 0.15) is 12.7 Å². The molecule has 0 saturated heterocycles. The molecule has 16 heavy (non-hydrogen) atoms. The molecule has 0 radical (unpaired) electrons. The molecule has 2 rings (SSSR count). The standard InChI is InChI=1S/C11H10FN3S/c1-2-10-14-9(5-11(16)15-10)7-3-4-13-6-8(7)12/h3-6H,2H2,1H3,(H,14,15,16). The fraction of sp³-hybridized carbons (Fsp3) is 0.182. The summed E-state index contributed by atoms with van der Waals surface area (Å²) in [5.41, 5.74) is 1.09. The minimum Gasteiger partial charge on any atom is -0.343 e. The van der Waals surface area contributed by atoms with Crippen LogP contribution in [0.3, 0.4) is 0 Å². The predicted molar refractivity (Wildman–Crippen MR) is 62.0 cm³/mol. The number of halogens is 1. The normalized spacial score (nSPS) is 10.4. The smallest absolute Gasteiger partial charge is 0.150 e. The van der Waals surface area contributed by atoms with Gasteiger partial charge >= 0.3 is 0 Å². The van der Waals surface area contributed by atoms with Crippen molar-refractivity contribution in [3.63, 3.8) is 0 Å². The minimum atomic E-state index is -0.374. The van der Waals surface area contributed by atoms with E-state index < -0.39 is 0 Å². The summed E-state index contributed by atoms with van der Waals surface area (Å²) in [4.78, 5) is 10.9. The lowest BCUT2D eigenvalue weighted by atomic mass is 10.2. The third-order valence-electron chi connectivity index (χ3n) is 2.19. The van der Waals surface area contributed by atoms with Crippen molar-refractivity contribution in [1.82, 2.24) is 15.0 Å². The number of aromatic amines is 1. The molecule has 82 valence electrons. The quantitative estimate of drug-likeness (QED) is 0.814. The number of aryl methyl sites for hydroxylation is 1. The number of pyridine rings is 1. The van der Waals surface area contributed by atoms with Gasteiger partial charge in [-0.2, -0.15) is 0 Å². The molecule has 2 aromatic heterocycles. The molecule has 2 aromatic rings. The second-order valence-electron chi connectivity index (χ2n) is 3.29. The summed E-state index contributed by atoms with van der Waals surface area (Å²) in [6.07, 6.45) is 3.45. The highest BCUT2D eigenvalue weighted by Gasteiger charge is 2.06. The average Bonchev–Trinajstić information content (AvgIpc) is 2.28. The van der Waals surface area contributed by atoms with Crippen molar-refractivity contribution in [3.05, 3.63) is 40.8 Å². The van der Waals surface area contributed by atoms with Gasteiger partial charge < -0.3 is 4.98 Å². The largest absolute Gasteiger partial charge is 0.343 e. The fourth-order valence-electron chi connectivity index (χ4n) is 1.41. The van der Waals surface area contributed by atoms with E-state index in [0.717, 1.165) is 12.2 Å². The van der Waals surface area contributed by atoms with Crippen LogP contribution in [0.15, 0.2) is 24.5 Å². The van der Waals surface area contributed by atoms with Gasteiger partial charge in [0.15, 0.2) is 5.82 Å². The monoisotopic (exact) mass is 235 g/mol. The van der Waals surface area contributed by atoms with Crippen LogP contribution >= 0.6 is 12.2 Å². The summed E-state index contributed by atoms with van der Waals surface area (Å²) < 4.78 is 14.0. The van der Waals surface area contributed by atoms with Gasteiger partial charge in [0.1, 0.15) is 10.5 Å². The van der Waals surface area contributed by atoms with Crippen LogP contribution in [0.4, 0.5) is 4.39 Å². The molecule has 0 aliphatic heterocycles. The molecule has 2 heterocycles. The van der Waals surface area contributed by atoms with Crippen LogP contribution < -0.4 is 0 Å². The van der Waals surface area contributed by atoms with E-state index in [2.05, 4.69) is 15.0 Å². The van der Waals surface area contributed by atoms with E-state index in [4.69, 9.17) is 12.2 Å². The minimum absolute atomic E-state index is 0.374. The highest BCUT2D eigenvalue weighted by molar-refractivity contribution is 7.71. The van der Waals surface area contributed by atoms with Crippen molar-refractivity contribution < 1.29 is 4.39 Å². The van der Waals surface area contributed by atoms with Gasteiger partial charge in [-0.15, -0.1) is 0 Å². The zero-order valence-corrected chi connectivity index (χ0v) is 9.51. The summed E-state index contributed by atoms with van der Waals surface area (Å²) in [6.45, 7) is 1.96. The molecule has 0 atom stereocenters. The SMILES string of the molecule is CCc1nc(=S)cc(-c2ccncc2F)[nH]1. The van der Waals surface area contributed by atoms with E-state index in [9.17, 15) is 4.39 Å². The van der Waals surface area contributed by atoms with Crippen molar-refractivity contribution in [3.8, 4) is 11.3 Å². The van der Waals surface area contributed by atoms with Gasteiger partial charge in [0.25, 0.3) is 0 Å². The van der Waals surface area contributed by atoms with E-state index in [-0.39, 0.29) is 5.82 Å². The Hall–Kier alpha value is -1.62. The van der Waals surface area contributed by atoms with Gasteiger partial charge in [0.05, 0.1) is 11.9 Å². The first kappa shape index (κ1) is 10.9. The van der Waals surface area contributed by atoms with E-state index in [1.54, 1.807) is 18.3 Å². The van der Waals surface area contributed by atoms with Crippen molar-refractivity contribution in [2.24, 2.45) is 0 Å². The topological polar surface area (TPSA) is 41.6 Å². The van der Waals surface area contributed by atoms with Gasteiger partial charge in [0.2, 0.25) is 0 Å². The Labute approximate surface area is 97.4 Å². The van der Waals surface area contributed by atoms with E-state index in [1.807, 2.05) is 6.92 Å². The van der Waals surface area contributed by atoms with Crippen LogP contribution in [-0.4, -0.2) is 15.0 Å². The molecule has 0 saturated carbocycles. The molecular weight excluding hydrogens is 225 g/mol. The van der Waals surface area contributed by atoms with Gasteiger partial charge in [0, 0.05) is 18.2 Å². The number of rotatable bonds is 2. The summed E-state index contributed by atoms with van der Waals surface area (Å²) in [5.74, 6) is 0.375. The molecule has 0 aromatic carbocycles. The maximum atomic E-state index is 13.5. The maximum absolute atomic E-state index is 13.5. The van der Waals surface area contributed by atoms with Crippen LogP contribution in [0.25, 0.3) is 11.3 Å². The predicted octanol–water partition coefficient (Wildman–Crippen LogP) is 2.90. The Kier molecular flexibility index (Phi) is 3.05. The molecule has 1 N–H and O–H groups in total. The summed E-state index contributed by atoms with van der Waals surface area (Å²) in [7, 11) is 0. The van der Waals surface area contributed by atoms with Crippen molar-refractivity contribution in [1.29, 1.82) is 0 Å². The number of hydrogen-bond acceptors (Lipinski definition) is 3. The van der Waals surface area contributed by atoms with Crippen molar-refractivity contribution >= 4 is 12.2 Å². The number of nitrogens with one attached hydrogen (secondary N) is 1. The highest BCUT2D eigenvalue weighted by Crippen LogP contribution is 2.19. The Morgan fingerprint density at radius 3 is 3.00 bits per heavy atom. The molecule has 0 fully saturated rings. The zero-order chi connectivity index (χ0) is 11.5. The maximum Gasteiger partial charge on any atom is 0.150 e. The lowest BCUT2D eigenvalue weighted by Crippen LogP contribution is -1.97. The zero-order valence-electron chi connectivity index (χ0n) is 8.70. The van der Waals surface area contributed by atoms with Crippen molar-refractivity contribution in [2.45, 2.75) is 13.3 Å². The number of aromatic nitrogens is 3. The first-order chi connectivity index (χ1) is 7.70. The summed E-state index contributed by atoms with van der Waals surface area (Å²) in [6, 6.07) is 3.25. The average molecular weight is 235 g/mol. The highest BCUT2D eigenvalue weighted by atomic mass is 32.1. The molecule has 0 amide bonds. The Bertz CT molecular complexity index is 565. The molecule has 5 heteroatoms. The second-order valence-corrected chi connectivity index (χ2v) is 3.71. The first-order valence-corrected chi connectivity index (χ1v) is 5.31. The summed E-state index contributed by atoms with van der Waals surface area (Å²) in [5, 5.41) is 0. The molecule has 0 bridgehead atoms. The summed E-state index contributed by atoms with van der Waals surface area (Å²) >= 11 is 5.03. The lowest BCUT2D eigenvalue weighted by molar-refractivity contribution is 0.624. The lowest BCUT2D eigenvalue weighted by Gasteiger charge is -2.05. The molecule has 3 nitrogen and oxygen atoms in total. The Morgan fingerprint density at radius 2 is 2.31 bits per heavy atom. The van der Waals surface area contributed by atoms with E-state index in [0.29, 0.717) is 15.9 Å². The van der Waals surface area contributed by atoms with Gasteiger partial charge in [-0.25, -0.2) is 9.37 Å². The molecular formula is C11H10FN3S. The fourth-order valence-corrected chi connectivity index (χ4v) is 1.64. The van der Waals surface area contributed by atoms with Crippen LogP contribution in [-0.2, 0) is 6.42 Å². The van der Waals surface area contributed by atoms with E-state index >= 15 is 0 Å². The second kappa shape index (κ2) is 4.49. The number of H-pyrrole nitrogens is 1. The van der Waals surface area contributed by atoms with Crippen LogP contribution in [0.5, 0.6) is 0 Å². The van der Waals surface area contributed by atoms with E-state index in [1.165, 1.54) is 6.20 Å². The Balaban J connectivity index is 2.60. The molecule has 0 spiro atoms. The van der Waals surface area contributed by atoms with Gasteiger partial charge in [-0.05, 0) is 12.1 Å². The number of hydrogen-bond donors (Lipinski definition) is 1. The first-order valence-electron chi connectivity index (χ1n) is 4.91. The molecule has 0 unspecified atom stereocenters. The third kappa shape index (κ3) is 2.14. The van der Waals surface area contributed by atoms with Crippen molar-refractivity contribution in [2.75, 3.05) is 0 Å². The molecule has 0 aliphatic carbocycles. The molecule has 0 aliphatic rings. The Morgan fingerprint density at radius 1 is 1.50 bits per heavy atom. The van der Waals surface area contributed by atoms with Gasteiger partial charge in [-0.1, -0.05) is 19.1 Å². The number of nitrogens with zero attached hydrogens (tertiary/aromatic N) is 2.